The lowest BCUT2D eigenvalue weighted by Crippen LogP contribution is -2.51. The van der Waals surface area contributed by atoms with Gasteiger partial charge in [-0.05, 0) is 64.8 Å². The van der Waals surface area contributed by atoms with E-state index in [9.17, 15) is 14.0 Å². The Morgan fingerprint density at radius 1 is 1.18 bits per heavy atom. The Balaban J connectivity index is 2.00. The average Bonchev–Trinajstić information content (AvgIpc) is 2.97. The monoisotopic (exact) mass is 457 g/mol. The first-order valence-corrected chi connectivity index (χ1v) is 11.0. The summed E-state index contributed by atoms with van der Waals surface area (Å²) in [6.07, 6.45) is 1.03. The number of rotatable bonds is 5. The number of carbonyl (C=O) groups excluding carboxylic acids is 2. The van der Waals surface area contributed by atoms with Crippen molar-refractivity contribution in [3.63, 3.8) is 0 Å². The maximum Gasteiger partial charge on any atom is 0.412 e. The van der Waals surface area contributed by atoms with Crippen molar-refractivity contribution in [3.05, 3.63) is 65.2 Å². The van der Waals surface area contributed by atoms with Gasteiger partial charge in [0, 0.05) is 19.7 Å². The molecule has 33 heavy (non-hydrogen) atoms. The molecule has 8 heteroatoms. The Morgan fingerprint density at radius 3 is 2.52 bits per heavy atom. The van der Waals surface area contributed by atoms with Gasteiger partial charge < -0.3 is 14.8 Å². The van der Waals surface area contributed by atoms with Crippen molar-refractivity contribution in [1.29, 1.82) is 0 Å². The van der Waals surface area contributed by atoms with Gasteiger partial charge in [0.2, 0.25) is 0 Å². The normalized spacial score (nSPS) is 19.9. The lowest BCUT2D eigenvalue weighted by molar-refractivity contribution is -0.0785. The van der Waals surface area contributed by atoms with Gasteiger partial charge in [-0.25, -0.2) is 9.18 Å². The highest BCUT2D eigenvalue weighted by atomic mass is 19.1. The van der Waals surface area contributed by atoms with Gasteiger partial charge in [0.1, 0.15) is 17.1 Å². The highest BCUT2D eigenvalue weighted by Crippen LogP contribution is 2.37. The number of hydrogen-bond acceptors (Lipinski definition) is 5. The molecule has 1 aliphatic rings. The van der Waals surface area contributed by atoms with E-state index in [0.29, 0.717) is 16.8 Å². The Hall–Kier alpha value is -3.00. The average molecular weight is 458 g/mol. The lowest BCUT2D eigenvalue weighted by Gasteiger charge is -2.35. The first kappa shape index (κ1) is 24.6. The van der Waals surface area contributed by atoms with Crippen molar-refractivity contribution >= 4 is 12.0 Å². The molecule has 178 valence electrons. The smallest absolute Gasteiger partial charge is 0.412 e. The summed E-state index contributed by atoms with van der Waals surface area (Å²) in [5.41, 5.74) is -0.273. The minimum atomic E-state index is -1.01. The fourth-order valence-electron chi connectivity index (χ4n) is 4.16. The SMILES string of the molecule is CNC(=O)c1cccnc1C[C@@H]1OC(C)(C)N(C(=O)OC(C)(C)C)[C@@H]1Cc1ccccc1F. The zero-order valence-electron chi connectivity index (χ0n) is 20.0. The summed E-state index contributed by atoms with van der Waals surface area (Å²) < 4.78 is 26.6. The lowest BCUT2D eigenvalue weighted by atomic mass is 9.95. The standard InChI is InChI=1S/C25H32FN3O4/c1-24(2,3)33-23(31)29-20(14-16-10-7-8-12-18(16)26)21(32-25(29,4)5)15-19-17(22(30)27-6)11-9-13-28-19/h7-13,20-21H,14-15H2,1-6H3,(H,27,30)/t20-,21+/m1/s1. The van der Waals surface area contributed by atoms with Crippen LogP contribution in [0.5, 0.6) is 0 Å². The molecule has 1 aromatic heterocycles. The van der Waals surface area contributed by atoms with Gasteiger partial charge in [-0.3, -0.25) is 14.7 Å². The second kappa shape index (κ2) is 9.47. The zero-order valence-corrected chi connectivity index (χ0v) is 20.0. The third-order valence-electron chi connectivity index (χ3n) is 5.51. The molecule has 1 aliphatic heterocycles. The molecule has 0 bridgehead atoms. The minimum Gasteiger partial charge on any atom is -0.444 e. The van der Waals surface area contributed by atoms with Crippen molar-refractivity contribution in [2.45, 2.75) is 70.9 Å². The number of benzene rings is 1. The van der Waals surface area contributed by atoms with E-state index in [1.54, 1.807) is 78.2 Å². The van der Waals surface area contributed by atoms with Crippen molar-refractivity contribution in [2.24, 2.45) is 0 Å². The predicted octanol–water partition coefficient (Wildman–Crippen LogP) is 4.11. The summed E-state index contributed by atoms with van der Waals surface area (Å²) in [6, 6.07) is 9.32. The molecule has 1 N–H and O–H groups in total. The van der Waals surface area contributed by atoms with E-state index in [2.05, 4.69) is 10.3 Å². The maximum atomic E-state index is 14.6. The van der Waals surface area contributed by atoms with E-state index < -0.39 is 29.6 Å². The number of hydrogen-bond donors (Lipinski definition) is 1. The van der Waals surface area contributed by atoms with E-state index in [0.717, 1.165) is 0 Å². The first-order chi connectivity index (χ1) is 15.4. The van der Waals surface area contributed by atoms with Gasteiger partial charge >= 0.3 is 6.09 Å². The first-order valence-electron chi connectivity index (χ1n) is 11.0. The number of carbonyl (C=O) groups is 2. The van der Waals surface area contributed by atoms with Crippen LogP contribution in [0.15, 0.2) is 42.6 Å². The largest absolute Gasteiger partial charge is 0.444 e. The minimum absolute atomic E-state index is 0.224. The van der Waals surface area contributed by atoms with Crippen LogP contribution in [0.25, 0.3) is 0 Å². The Kier molecular flexibility index (Phi) is 7.07. The summed E-state index contributed by atoms with van der Waals surface area (Å²) in [7, 11) is 1.56. The van der Waals surface area contributed by atoms with Gasteiger partial charge in [0.25, 0.3) is 5.91 Å². The number of nitrogens with one attached hydrogen (secondary N) is 1. The molecule has 1 saturated heterocycles. The summed E-state index contributed by atoms with van der Waals surface area (Å²) in [4.78, 5) is 31.5. The number of halogens is 1. The van der Waals surface area contributed by atoms with Crippen molar-refractivity contribution < 1.29 is 23.5 Å². The molecule has 1 fully saturated rings. The number of ether oxygens (including phenoxy) is 2. The van der Waals surface area contributed by atoms with Crippen LogP contribution in [-0.4, -0.2) is 52.4 Å². The second-order valence-electron chi connectivity index (χ2n) is 9.60. The summed E-state index contributed by atoms with van der Waals surface area (Å²) in [6.45, 7) is 8.94. The zero-order chi connectivity index (χ0) is 24.4. The molecule has 7 nitrogen and oxygen atoms in total. The summed E-state index contributed by atoms with van der Waals surface area (Å²) in [5.74, 6) is -0.612. The molecular weight excluding hydrogens is 425 g/mol. The van der Waals surface area contributed by atoms with Crippen LogP contribution in [0, 0.1) is 5.82 Å². The molecule has 0 unspecified atom stereocenters. The van der Waals surface area contributed by atoms with Gasteiger partial charge in [0.05, 0.1) is 23.4 Å². The molecule has 0 spiro atoms. The number of nitrogens with zero attached hydrogens (tertiary/aromatic N) is 2. The Labute approximate surface area is 194 Å². The molecule has 3 rings (SSSR count). The molecule has 0 radical (unpaired) electrons. The predicted molar refractivity (Wildman–Crippen MR) is 122 cm³/mol. The van der Waals surface area contributed by atoms with Crippen LogP contribution in [0.1, 0.15) is 56.2 Å². The van der Waals surface area contributed by atoms with Crippen LogP contribution in [0.3, 0.4) is 0 Å². The fourth-order valence-corrected chi connectivity index (χ4v) is 4.16. The van der Waals surface area contributed by atoms with E-state index in [1.807, 2.05) is 0 Å². The topological polar surface area (TPSA) is 80.8 Å². The molecule has 0 saturated carbocycles. The van der Waals surface area contributed by atoms with Gasteiger partial charge in [0.15, 0.2) is 0 Å². The van der Waals surface area contributed by atoms with Crippen LogP contribution in [0.4, 0.5) is 9.18 Å². The van der Waals surface area contributed by atoms with Crippen LogP contribution in [0.2, 0.25) is 0 Å². The number of pyridine rings is 1. The second-order valence-corrected chi connectivity index (χ2v) is 9.60. The molecule has 1 aromatic carbocycles. The third-order valence-corrected chi connectivity index (χ3v) is 5.51. The van der Waals surface area contributed by atoms with Crippen LogP contribution >= 0.6 is 0 Å². The van der Waals surface area contributed by atoms with Crippen molar-refractivity contribution in [3.8, 4) is 0 Å². The van der Waals surface area contributed by atoms with Gasteiger partial charge in [-0.15, -0.1) is 0 Å². The molecule has 2 atom stereocenters. The Morgan fingerprint density at radius 2 is 1.88 bits per heavy atom. The van der Waals surface area contributed by atoms with Crippen LogP contribution in [-0.2, 0) is 22.3 Å². The highest BCUT2D eigenvalue weighted by Gasteiger charge is 2.51. The van der Waals surface area contributed by atoms with Crippen molar-refractivity contribution in [1.82, 2.24) is 15.2 Å². The fraction of sp³-hybridized carbons (Fsp3) is 0.480. The van der Waals surface area contributed by atoms with Crippen LogP contribution < -0.4 is 5.32 Å². The van der Waals surface area contributed by atoms with E-state index in [-0.39, 0.29) is 24.6 Å². The highest BCUT2D eigenvalue weighted by molar-refractivity contribution is 5.95. The summed E-state index contributed by atoms with van der Waals surface area (Å²) >= 11 is 0. The Bertz CT molecular complexity index is 1020. The van der Waals surface area contributed by atoms with E-state index in [1.165, 1.54) is 11.0 Å². The van der Waals surface area contributed by atoms with Crippen molar-refractivity contribution in [2.75, 3.05) is 7.05 Å². The molecule has 2 aromatic rings. The summed E-state index contributed by atoms with van der Waals surface area (Å²) in [5, 5.41) is 2.62. The molecule has 2 amide bonds. The van der Waals surface area contributed by atoms with E-state index >= 15 is 0 Å². The third kappa shape index (κ3) is 5.68. The van der Waals surface area contributed by atoms with E-state index in [4.69, 9.17) is 9.47 Å². The number of aromatic nitrogens is 1. The molecular formula is C25H32FN3O4. The molecule has 2 heterocycles. The number of amides is 2. The molecule has 0 aliphatic carbocycles. The maximum absolute atomic E-state index is 14.6. The quantitative estimate of drug-likeness (QED) is 0.731. The van der Waals surface area contributed by atoms with Gasteiger partial charge in [-0.1, -0.05) is 18.2 Å². The van der Waals surface area contributed by atoms with Gasteiger partial charge in [-0.2, -0.15) is 0 Å².